The Balaban J connectivity index is 2.08. The second-order valence-electron chi connectivity index (χ2n) is 3.39. The molecule has 0 bridgehead atoms. The summed E-state index contributed by atoms with van der Waals surface area (Å²) in [6, 6.07) is 9.46. The van der Waals surface area contributed by atoms with Gasteiger partial charge < -0.3 is 5.32 Å². The molecule has 0 atom stereocenters. The van der Waals surface area contributed by atoms with E-state index < -0.39 is 0 Å². The molecule has 1 aromatic carbocycles. The third kappa shape index (κ3) is 2.92. The molecule has 0 spiro atoms. The molecule has 84 valence electrons. The maximum Gasteiger partial charge on any atom is 0.148 e. The Morgan fingerprint density at radius 2 is 2.29 bits per heavy atom. The van der Waals surface area contributed by atoms with Crippen molar-refractivity contribution in [3.63, 3.8) is 0 Å². The normalized spacial score (nSPS) is 9.65. The third-order valence-electron chi connectivity index (χ3n) is 2.18. The van der Waals surface area contributed by atoms with E-state index in [4.69, 9.17) is 16.9 Å². The van der Waals surface area contributed by atoms with Crippen LogP contribution in [-0.2, 0) is 6.54 Å². The number of nitrogens with one attached hydrogen (secondary N) is 1. The molecule has 0 aliphatic carbocycles. The summed E-state index contributed by atoms with van der Waals surface area (Å²) in [5.74, 6) is 0.587. The molecule has 0 saturated heterocycles. The highest BCUT2D eigenvalue weighted by Gasteiger charge is 2.01. The second-order valence-corrected chi connectivity index (χ2v) is 3.79. The van der Waals surface area contributed by atoms with Crippen LogP contribution in [0.1, 0.15) is 11.1 Å². The van der Waals surface area contributed by atoms with E-state index in [0.717, 1.165) is 5.56 Å². The predicted octanol–water partition coefficient (Wildman–Crippen LogP) is 2.61. The van der Waals surface area contributed by atoms with E-state index in [-0.39, 0.29) is 0 Å². The van der Waals surface area contributed by atoms with Gasteiger partial charge in [-0.05, 0) is 17.7 Å². The highest BCUT2D eigenvalue weighted by Crippen LogP contribution is 2.17. The number of hydrogen-bond donors (Lipinski definition) is 1. The van der Waals surface area contributed by atoms with Gasteiger partial charge in [0.15, 0.2) is 0 Å². The van der Waals surface area contributed by atoms with Crippen LogP contribution in [0.25, 0.3) is 0 Å². The van der Waals surface area contributed by atoms with Gasteiger partial charge in [0, 0.05) is 6.54 Å². The van der Waals surface area contributed by atoms with E-state index in [1.54, 1.807) is 6.07 Å². The Bertz CT molecular complexity index is 562. The van der Waals surface area contributed by atoms with Gasteiger partial charge in [-0.25, -0.2) is 9.97 Å². The summed E-state index contributed by atoms with van der Waals surface area (Å²) in [6.07, 6.45) is 2.96. The van der Waals surface area contributed by atoms with Gasteiger partial charge in [-0.15, -0.1) is 0 Å². The Kier molecular flexibility index (Phi) is 3.53. The number of hydrogen-bond acceptors (Lipinski definition) is 4. The van der Waals surface area contributed by atoms with Crippen LogP contribution in [0.15, 0.2) is 36.8 Å². The Hall–Kier alpha value is -2.12. The molecule has 2 aromatic rings. The number of nitriles is 1. The van der Waals surface area contributed by atoms with Gasteiger partial charge in [-0.2, -0.15) is 5.26 Å². The summed E-state index contributed by atoms with van der Waals surface area (Å²) in [4.78, 5) is 7.82. The standard InChI is InChI=1S/C12H9ClN4/c13-11-7-15-8-17-12(11)16-6-10-3-1-2-9(4-10)5-14/h1-4,7-8H,6H2,(H,15,16,17). The lowest BCUT2D eigenvalue weighted by Crippen LogP contribution is -2.02. The molecule has 5 heteroatoms. The molecule has 4 nitrogen and oxygen atoms in total. The van der Waals surface area contributed by atoms with Crippen molar-refractivity contribution < 1.29 is 0 Å². The average Bonchev–Trinajstić information content (AvgIpc) is 2.38. The Morgan fingerprint density at radius 1 is 1.41 bits per heavy atom. The molecule has 17 heavy (non-hydrogen) atoms. The van der Waals surface area contributed by atoms with Crippen LogP contribution in [0.5, 0.6) is 0 Å². The average molecular weight is 245 g/mol. The monoisotopic (exact) mass is 244 g/mol. The number of halogens is 1. The maximum atomic E-state index is 8.78. The molecule has 0 amide bonds. The van der Waals surface area contributed by atoms with E-state index in [9.17, 15) is 0 Å². The number of anilines is 1. The number of benzene rings is 1. The predicted molar refractivity (Wildman–Crippen MR) is 65.5 cm³/mol. The molecule has 0 aliphatic heterocycles. The van der Waals surface area contributed by atoms with Gasteiger partial charge in [0.1, 0.15) is 17.2 Å². The number of aromatic nitrogens is 2. The molecule has 1 N–H and O–H groups in total. The van der Waals surface area contributed by atoms with Crippen LogP contribution in [0.3, 0.4) is 0 Å². The quantitative estimate of drug-likeness (QED) is 0.902. The number of rotatable bonds is 3. The molecular weight excluding hydrogens is 236 g/mol. The van der Waals surface area contributed by atoms with Crippen LogP contribution >= 0.6 is 11.6 Å². The summed E-state index contributed by atoms with van der Waals surface area (Å²) in [5.41, 5.74) is 1.64. The first-order chi connectivity index (χ1) is 8.29. The van der Waals surface area contributed by atoms with Crippen LogP contribution < -0.4 is 5.32 Å². The van der Waals surface area contributed by atoms with Crippen molar-refractivity contribution in [1.82, 2.24) is 9.97 Å². The minimum absolute atomic E-state index is 0.476. The van der Waals surface area contributed by atoms with E-state index >= 15 is 0 Å². The fourth-order valence-electron chi connectivity index (χ4n) is 1.38. The highest BCUT2D eigenvalue weighted by molar-refractivity contribution is 6.32. The largest absolute Gasteiger partial charge is 0.365 e. The molecule has 1 aromatic heterocycles. The lowest BCUT2D eigenvalue weighted by atomic mass is 10.1. The fraction of sp³-hybridized carbons (Fsp3) is 0.0833. The van der Waals surface area contributed by atoms with Crippen molar-refractivity contribution in [1.29, 1.82) is 5.26 Å². The van der Waals surface area contributed by atoms with Crippen molar-refractivity contribution in [3.05, 3.63) is 52.9 Å². The van der Waals surface area contributed by atoms with Crippen LogP contribution in [0.2, 0.25) is 5.02 Å². The van der Waals surface area contributed by atoms with Crippen LogP contribution in [0, 0.1) is 11.3 Å². The molecule has 0 radical (unpaired) electrons. The van der Waals surface area contributed by atoms with Gasteiger partial charge in [0.2, 0.25) is 0 Å². The van der Waals surface area contributed by atoms with E-state index in [1.807, 2.05) is 18.2 Å². The van der Waals surface area contributed by atoms with E-state index in [1.165, 1.54) is 12.5 Å². The van der Waals surface area contributed by atoms with Crippen molar-refractivity contribution >= 4 is 17.4 Å². The summed E-state index contributed by atoms with van der Waals surface area (Å²) >= 11 is 5.91. The van der Waals surface area contributed by atoms with Crippen LogP contribution in [0.4, 0.5) is 5.82 Å². The molecule has 0 aliphatic rings. The first-order valence-electron chi connectivity index (χ1n) is 4.98. The van der Waals surface area contributed by atoms with E-state index in [0.29, 0.717) is 22.9 Å². The first-order valence-corrected chi connectivity index (χ1v) is 5.36. The zero-order valence-electron chi connectivity index (χ0n) is 8.89. The first kappa shape index (κ1) is 11.4. The smallest absolute Gasteiger partial charge is 0.148 e. The lowest BCUT2D eigenvalue weighted by molar-refractivity contribution is 1.08. The second kappa shape index (κ2) is 5.28. The van der Waals surface area contributed by atoms with Crippen molar-refractivity contribution in [2.75, 3.05) is 5.32 Å². The zero-order chi connectivity index (χ0) is 12.1. The lowest BCUT2D eigenvalue weighted by Gasteiger charge is -2.06. The highest BCUT2D eigenvalue weighted by atomic mass is 35.5. The zero-order valence-corrected chi connectivity index (χ0v) is 9.65. The van der Waals surface area contributed by atoms with Crippen LogP contribution in [-0.4, -0.2) is 9.97 Å². The molecule has 0 fully saturated rings. The number of nitrogens with zero attached hydrogens (tertiary/aromatic N) is 3. The van der Waals surface area contributed by atoms with Crippen molar-refractivity contribution in [2.24, 2.45) is 0 Å². The molecule has 0 saturated carbocycles. The van der Waals surface area contributed by atoms with Gasteiger partial charge in [-0.1, -0.05) is 23.7 Å². The molecular formula is C12H9ClN4. The molecule has 1 heterocycles. The van der Waals surface area contributed by atoms with Gasteiger partial charge >= 0.3 is 0 Å². The van der Waals surface area contributed by atoms with Crippen molar-refractivity contribution in [2.45, 2.75) is 6.54 Å². The summed E-state index contributed by atoms with van der Waals surface area (Å²) in [5, 5.41) is 12.3. The Morgan fingerprint density at radius 3 is 3.06 bits per heavy atom. The summed E-state index contributed by atoms with van der Waals surface area (Å²) < 4.78 is 0. The maximum absolute atomic E-state index is 8.78. The van der Waals surface area contributed by atoms with Gasteiger partial charge in [0.25, 0.3) is 0 Å². The topological polar surface area (TPSA) is 61.6 Å². The minimum atomic E-state index is 0.476. The van der Waals surface area contributed by atoms with E-state index in [2.05, 4.69) is 21.4 Å². The summed E-state index contributed by atoms with van der Waals surface area (Å²) in [6.45, 7) is 0.562. The SMILES string of the molecule is N#Cc1cccc(CNc2ncncc2Cl)c1. The van der Waals surface area contributed by atoms with Gasteiger partial charge in [-0.3, -0.25) is 0 Å². The molecule has 0 unspecified atom stereocenters. The Labute approximate surface area is 104 Å². The third-order valence-corrected chi connectivity index (χ3v) is 2.46. The van der Waals surface area contributed by atoms with Crippen molar-refractivity contribution in [3.8, 4) is 6.07 Å². The fourth-order valence-corrected chi connectivity index (χ4v) is 1.55. The summed E-state index contributed by atoms with van der Waals surface area (Å²) in [7, 11) is 0. The minimum Gasteiger partial charge on any atom is -0.365 e. The van der Waals surface area contributed by atoms with Gasteiger partial charge in [0.05, 0.1) is 17.8 Å². The molecule has 2 rings (SSSR count).